The molecule has 0 aromatic heterocycles. The van der Waals surface area contributed by atoms with Gasteiger partial charge in [-0.25, -0.2) is 4.79 Å². The second kappa shape index (κ2) is 7.81. The summed E-state index contributed by atoms with van der Waals surface area (Å²) < 4.78 is 16.6. The van der Waals surface area contributed by atoms with E-state index in [1.807, 2.05) is 27.7 Å². The van der Waals surface area contributed by atoms with Crippen LogP contribution in [0.4, 0.5) is 4.79 Å². The van der Waals surface area contributed by atoms with Crippen molar-refractivity contribution in [2.75, 3.05) is 26.8 Å². The predicted molar refractivity (Wildman–Crippen MR) is 88.6 cm³/mol. The number of rotatable bonds is 5. The van der Waals surface area contributed by atoms with Crippen molar-refractivity contribution < 1.29 is 19.0 Å². The molecular formula is C17H32N2O4. The number of nitrogens with zero attached hydrogens (tertiary/aromatic N) is 1. The van der Waals surface area contributed by atoms with Crippen molar-refractivity contribution in [2.45, 2.75) is 76.9 Å². The van der Waals surface area contributed by atoms with E-state index in [1.165, 1.54) is 0 Å². The minimum Gasteiger partial charge on any atom is -0.444 e. The minimum absolute atomic E-state index is 0.138. The first-order chi connectivity index (χ1) is 10.8. The zero-order chi connectivity index (χ0) is 17.0. The van der Waals surface area contributed by atoms with Gasteiger partial charge >= 0.3 is 6.09 Å². The van der Waals surface area contributed by atoms with Crippen molar-refractivity contribution in [3.63, 3.8) is 0 Å². The molecule has 0 bridgehead atoms. The van der Waals surface area contributed by atoms with Gasteiger partial charge in [0, 0.05) is 38.9 Å². The SMILES string of the molecule is CCOC1CC(NC2CCN(C(=O)OC(C)(C)C)CC2)C1OC. The highest BCUT2D eigenvalue weighted by Gasteiger charge is 2.43. The van der Waals surface area contributed by atoms with Crippen molar-refractivity contribution in [1.29, 1.82) is 0 Å². The lowest BCUT2D eigenvalue weighted by Gasteiger charge is -2.46. The summed E-state index contributed by atoms with van der Waals surface area (Å²) in [6, 6.07) is 0.786. The fourth-order valence-corrected chi connectivity index (χ4v) is 3.30. The van der Waals surface area contributed by atoms with Crippen LogP contribution in [0.3, 0.4) is 0 Å². The summed E-state index contributed by atoms with van der Waals surface area (Å²) in [4.78, 5) is 13.9. The Morgan fingerprint density at radius 2 is 1.91 bits per heavy atom. The molecule has 3 atom stereocenters. The van der Waals surface area contributed by atoms with Gasteiger partial charge in [-0.3, -0.25) is 0 Å². The molecule has 6 nitrogen and oxygen atoms in total. The third-order valence-corrected chi connectivity index (χ3v) is 4.50. The summed E-state index contributed by atoms with van der Waals surface area (Å²) in [5, 5.41) is 3.67. The van der Waals surface area contributed by atoms with Crippen LogP contribution >= 0.6 is 0 Å². The molecule has 1 aliphatic heterocycles. The fourth-order valence-electron chi connectivity index (χ4n) is 3.30. The average Bonchev–Trinajstić information content (AvgIpc) is 2.45. The van der Waals surface area contributed by atoms with Crippen molar-refractivity contribution >= 4 is 6.09 Å². The zero-order valence-electron chi connectivity index (χ0n) is 15.1. The normalized spacial score (nSPS) is 29.3. The van der Waals surface area contributed by atoms with E-state index in [4.69, 9.17) is 14.2 Å². The number of carbonyl (C=O) groups is 1. The van der Waals surface area contributed by atoms with Crippen LogP contribution in [-0.4, -0.2) is 67.7 Å². The average molecular weight is 328 g/mol. The highest BCUT2D eigenvalue weighted by Crippen LogP contribution is 2.28. The molecule has 2 aliphatic rings. The van der Waals surface area contributed by atoms with Gasteiger partial charge in [-0.1, -0.05) is 0 Å². The molecule has 1 saturated heterocycles. The lowest BCUT2D eigenvalue weighted by atomic mass is 9.84. The van der Waals surface area contributed by atoms with Gasteiger partial charge < -0.3 is 24.4 Å². The Balaban J connectivity index is 1.72. The summed E-state index contributed by atoms with van der Waals surface area (Å²) in [6.07, 6.45) is 3.05. The van der Waals surface area contributed by atoms with Gasteiger partial charge in [0.1, 0.15) is 5.60 Å². The van der Waals surface area contributed by atoms with E-state index in [2.05, 4.69) is 5.32 Å². The second-order valence-corrected chi connectivity index (χ2v) is 7.44. The summed E-state index contributed by atoms with van der Waals surface area (Å²) in [5.74, 6) is 0. The maximum Gasteiger partial charge on any atom is 0.410 e. The van der Waals surface area contributed by atoms with Crippen molar-refractivity contribution in [2.24, 2.45) is 0 Å². The standard InChI is InChI=1S/C17H32N2O4/c1-6-22-14-11-13(15(14)21-5)18-12-7-9-19(10-8-12)16(20)23-17(2,3)4/h12-15,18H,6-11H2,1-5H3. The summed E-state index contributed by atoms with van der Waals surface area (Å²) >= 11 is 0. The molecule has 1 saturated carbocycles. The Labute approximate surface area is 139 Å². The maximum atomic E-state index is 12.1. The number of hydrogen-bond acceptors (Lipinski definition) is 5. The Bertz CT molecular complexity index is 389. The quantitative estimate of drug-likeness (QED) is 0.838. The van der Waals surface area contributed by atoms with Crippen LogP contribution in [-0.2, 0) is 14.2 Å². The van der Waals surface area contributed by atoms with E-state index in [9.17, 15) is 4.79 Å². The lowest BCUT2D eigenvalue weighted by Crippen LogP contribution is -2.62. The fraction of sp³-hybridized carbons (Fsp3) is 0.941. The molecule has 6 heteroatoms. The van der Waals surface area contributed by atoms with E-state index in [0.29, 0.717) is 12.1 Å². The van der Waals surface area contributed by atoms with Crippen molar-refractivity contribution in [3.05, 3.63) is 0 Å². The van der Waals surface area contributed by atoms with Crippen molar-refractivity contribution in [1.82, 2.24) is 10.2 Å². The predicted octanol–water partition coefficient (Wildman–Crippen LogP) is 2.17. The van der Waals surface area contributed by atoms with Gasteiger partial charge in [0.25, 0.3) is 0 Å². The number of amides is 1. The van der Waals surface area contributed by atoms with Gasteiger partial charge in [0.05, 0.1) is 12.2 Å². The monoisotopic (exact) mass is 328 g/mol. The molecule has 0 radical (unpaired) electrons. The molecule has 0 spiro atoms. The molecule has 1 heterocycles. The molecule has 1 amide bonds. The van der Waals surface area contributed by atoms with Gasteiger partial charge in [-0.2, -0.15) is 0 Å². The molecular weight excluding hydrogens is 296 g/mol. The summed E-state index contributed by atoms with van der Waals surface area (Å²) in [5.41, 5.74) is -0.432. The molecule has 0 aromatic rings. The Kier molecular flexibility index (Phi) is 6.28. The third-order valence-electron chi connectivity index (χ3n) is 4.50. The second-order valence-electron chi connectivity index (χ2n) is 7.44. The summed E-state index contributed by atoms with van der Waals surface area (Å²) in [6.45, 7) is 9.92. The number of piperidine rings is 1. The first-order valence-corrected chi connectivity index (χ1v) is 8.72. The molecule has 2 rings (SSSR count). The third kappa shape index (κ3) is 5.06. The number of carbonyl (C=O) groups excluding carboxylic acids is 1. The molecule has 23 heavy (non-hydrogen) atoms. The van der Waals surface area contributed by atoms with Crippen LogP contribution in [0, 0.1) is 0 Å². The van der Waals surface area contributed by atoms with E-state index in [1.54, 1.807) is 12.0 Å². The molecule has 0 aromatic carbocycles. The largest absolute Gasteiger partial charge is 0.444 e. The Morgan fingerprint density at radius 1 is 1.26 bits per heavy atom. The zero-order valence-corrected chi connectivity index (χ0v) is 15.1. The molecule has 1 N–H and O–H groups in total. The minimum atomic E-state index is -0.432. The van der Waals surface area contributed by atoms with E-state index in [-0.39, 0.29) is 18.3 Å². The number of methoxy groups -OCH3 is 1. The lowest BCUT2D eigenvalue weighted by molar-refractivity contribution is -0.133. The van der Waals surface area contributed by atoms with Gasteiger partial charge in [-0.15, -0.1) is 0 Å². The van der Waals surface area contributed by atoms with E-state index >= 15 is 0 Å². The van der Waals surface area contributed by atoms with Crippen LogP contribution in [0.25, 0.3) is 0 Å². The highest BCUT2D eigenvalue weighted by atomic mass is 16.6. The number of hydrogen-bond donors (Lipinski definition) is 1. The first kappa shape index (κ1) is 18.5. The van der Waals surface area contributed by atoms with E-state index in [0.717, 1.165) is 39.0 Å². The highest BCUT2D eigenvalue weighted by molar-refractivity contribution is 5.68. The van der Waals surface area contributed by atoms with Crippen molar-refractivity contribution in [3.8, 4) is 0 Å². The van der Waals surface area contributed by atoms with Crippen LogP contribution in [0.5, 0.6) is 0 Å². The molecule has 134 valence electrons. The Hall–Kier alpha value is -0.850. The summed E-state index contributed by atoms with van der Waals surface area (Å²) in [7, 11) is 1.75. The van der Waals surface area contributed by atoms with Gasteiger partial charge in [-0.05, 0) is 47.0 Å². The number of ether oxygens (including phenoxy) is 3. The van der Waals surface area contributed by atoms with Gasteiger partial charge in [0.15, 0.2) is 0 Å². The van der Waals surface area contributed by atoms with Crippen LogP contribution in [0.2, 0.25) is 0 Å². The number of nitrogens with one attached hydrogen (secondary N) is 1. The maximum absolute atomic E-state index is 12.1. The van der Waals surface area contributed by atoms with Crippen LogP contribution in [0.15, 0.2) is 0 Å². The smallest absolute Gasteiger partial charge is 0.410 e. The number of likely N-dealkylation sites (tertiary alicyclic amines) is 1. The van der Waals surface area contributed by atoms with Crippen LogP contribution in [0.1, 0.15) is 47.0 Å². The molecule has 2 fully saturated rings. The Morgan fingerprint density at radius 3 is 2.43 bits per heavy atom. The van der Waals surface area contributed by atoms with E-state index < -0.39 is 5.60 Å². The van der Waals surface area contributed by atoms with Crippen LogP contribution < -0.4 is 5.32 Å². The molecule has 3 unspecified atom stereocenters. The first-order valence-electron chi connectivity index (χ1n) is 8.72. The van der Waals surface area contributed by atoms with Gasteiger partial charge in [0.2, 0.25) is 0 Å². The topological polar surface area (TPSA) is 60.0 Å². The molecule has 1 aliphatic carbocycles.